The molecular formula is C16H18F6N2O4S. The predicted molar refractivity (Wildman–Crippen MR) is 88.3 cm³/mol. The van der Waals surface area contributed by atoms with Gasteiger partial charge in [0.2, 0.25) is 10.0 Å². The van der Waals surface area contributed by atoms with E-state index in [1.807, 2.05) is 0 Å². The van der Waals surface area contributed by atoms with E-state index in [4.69, 9.17) is 0 Å². The Hall–Kier alpha value is -2.02. The Balaban J connectivity index is 1.86. The number of nitrogens with one attached hydrogen (secondary N) is 1. The summed E-state index contributed by atoms with van der Waals surface area (Å²) in [6.45, 7) is -0.286. The molecule has 29 heavy (non-hydrogen) atoms. The topological polar surface area (TPSA) is 75.7 Å². The number of carbonyl (C=O) groups excluding carboxylic acids is 1. The minimum absolute atomic E-state index is 0.0217. The Morgan fingerprint density at radius 2 is 1.59 bits per heavy atom. The molecule has 1 heterocycles. The van der Waals surface area contributed by atoms with Gasteiger partial charge in [0.25, 0.3) is 6.10 Å². The number of benzene rings is 1. The van der Waals surface area contributed by atoms with Crippen LogP contribution in [0, 0.1) is 5.92 Å². The van der Waals surface area contributed by atoms with Crippen LogP contribution in [0.1, 0.15) is 12.8 Å². The molecular weight excluding hydrogens is 430 g/mol. The summed E-state index contributed by atoms with van der Waals surface area (Å²) >= 11 is 0. The molecule has 0 unspecified atom stereocenters. The number of hydrogen-bond donors (Lipinski definition) is 1. The fraction of sp³-hybridized carbons (Fsp3) is 0.562. The monoisotopic (exact) mass is 448 g/mol. The van der Waals surface area contributed by atoms with E-state index in [2.05, 4.69) is 9.46 Å². The molecule has 0 atom stereocenters. The fourth-order valence-electron chi connectivity index (χ4n) is 2.72. The first-order valence-corrected chi connectivity index (χ1v) is 9.92. The van der Waals surface area contributed by atoms with Gasteiger partial charge in [0.05, 0.1) is 4.90 Å². The Bertz CT molecular complexity index is 776. The normalized spacial score (nSPS) is 16.9. The maximum Gasteiger partial charge on any atom is 0.434 e. The van der Waals surface area contributed by atoms with Gasteiger partial charge in [0.15, 0.2) is 0 Å². The number of sulfonamides is 1. The maximum atomic E-state index is 12.5. The second-order valence-electron chi connectivity index (χ2n) is 6.44. The summed E-state index contributed by atoms with van der Waals surface area (Å²) in [4.78, 5) is 12.5. The van der Waals surface area contributed by atoms with Gasteiger partial charge in [-0.1, -0.05) is 18.2 Å². The van der Waals surface area contributed by atoms with E-state index in [0.717, 1.165) is 4.90 Å². The predicted octanol–water partition coefficient (Wildman–Crippen LogP) is 3.31. The van der Waals surface area contributed by atoms with E-state index in [0.29, 0.717) is 0 Å². The Morgan fingerprint density at radius 3 is 2.07 bits per heavy atom. The number of likely N-dealkylation sites (tertiary alicyclic amines) is 1. The van der Waals surface area contributed by atoms with Crippen LogP contribution in [0.4, 0.5) is 31.1 Å². The van der Waals surface area contributed by atoms with Crippen LogP contribution < -0.4 is 4.72 Å². The van der Waals surface area contributed by atoms with Crippen LogP contribution in [-0.2, 0) is 14.8 Å². The first kappa shape index (κ1) is 23.3. The number of alkyl halides is 6. The van der Waals surface area contributed by atoms with Crippen molar-refractivity contribution in [3.8, 4) is 0 Å². The molecule has 1 aromatic rings. The van der Waals surface area contributed by atoms with Crippen molar-refractivity contribution in [1.29, 1.82) is 0 Å². The standard InChI is InChI=1S/C16H18F6N2O4S/c17-15(18,19)13(16(20,21)22)28-14(25)24-8-6-11(7-9-24)10-23-29(26,27)12-4-2-1-3-5-12/h1-5,11,13,23H,6-10H2. The summed E-state index contributed by atoms with van der Waals surface area (Å²) in [5.41, 5.74) is 0. The molecule has 1 amide bonds. The highest BCUT2D eigenvalue weighted by atomic mass is 32.2. The van der Waals surface area contributed by atoms with Gasteiger partial charge >= 0.3 is 18.4 Å². The van der Waals surface area contributed by atoms with Crippen molar-refractivity contribution in [2.45, 2.75) is 36.2 Å². The van der Waals surface area contributed by atoms with E-state index in [9.17, 15) is 39.6 Å². The van der Waals surface area contributed by atoms with Crippen LogP contribution in [0.2, 0.25) is 0 Å². The van der Waals surface area contributed by atoms with Gasteiger partial charge in [-0.2, -0.15) is 26.3 Å². The highest BCUT2D eigenvalue weighted by molar-refractivity contribution is 7.89. The average Bonchev–Trinajstić information content (AvgIpc) is 2.63. The molecule has 0 aliphatic carbocycles. The molecule has 1 aliphatic rings. The number of amides is 1. The summed E-state index contributed by atoms with van der Waals surface area (Å²) in [7, 11) is -3.74. The molecule has 164 valence electrons. The third-order valence-electron chi connectivity index (χ3n) is 4.30. The quantitative estimate of drug-likeness (QED) is 0.702. The SMILES string of the molecule is O=C(OC(C(F)(F)F)C(F)(F)F)N1CCC(CNS(=O)(=O)c2ccccc2)CC1. The summed E-state index contributed by atoms with van der Waals surface area (Å²) < 4.78 is 105. The van der Waals surface area contributed by atoms with Crippen molar-refractivity contribution in [3.05, 3.63) is 30.3 Å². The van der Waals surface area contributed by atoms with E-state index in [1.54, 1.807) is 18.2 Å². The first-order chi connectivity index (χ1) is 13.3. The smallest absolute Gasteiger partial charge is 0.426 e. The van der Waals surface area contributed by atoms with Crippen LogP contribution in [0.5, 0.6) is 0 Å². The number of piperidine rings is 1. The summed E-state index contributed by atoms with van der Waals surface area (Å²) in [6.07, 6.45) is -17.1. The molecule has 1 aromatic carbocycles. The number of halogens is 6. The molecule has 13 heteroatoms. The zero-order valence-electron chi connectivity index (χ0n) is 14.8. The van der Waals surface area contributed by atoms with Gasteiger partial charge in [0, 0.05) is 19.6 Å². The van der Waals surface area contributed by atoms with Gasteiger partial charge in [-0.3, -0.25) is 0 Å². The molecule has 0 spiro atoms. The number of ether oxygens (including phenoxy) is 1. The average molecular weight is 448 g/mol. The van der Waals surface area contributed by atoms with Gasteiger partial charge in [-0.15, -0.1) is 0 Å². The van der Waals surface area contributed by atoms with Crippen LogP contribution >= 0.6 is 0 Å². The van der Waals surface area contributed by atoms with Gasteiger partial charge in [-0.25, -0.2) is 17.9 Å². The van der Waals surface area contributed by atoms with E-state index in [1.165, 1.54) is 12.1 Å². The van der Waals surface area contributed by atoms with Gasteiger partial charge in [-0.05, 0) is 30.9 Å². The molecule has 1 fully saturated rings. The van der Waals surface area contributed by atoms with Gasteiger partial charge < -0.3 is 9.64 Å². The first-order valence-electron chi connectivity index (χ1n) is 8.44. The number of carbonyl (C=O) groups is 1. The minimum atomic E-state index is -5.78. The number of nitrogens with zero attached hydrogens (tertiary/aromatic N) is 1. The maximum absolute atomic E-state index is 12.5. The molecule has 1 aliphatic heterocycles. The molecule has 0 aromatic heterocycles. The lowest BCUT2D eigenvalue weighted by Crippen LogP contribution is -2.49. The van der Waals surface area contributed by atoms with Crippen molar-refractivity contribution in [2.75, 3.05) is 19.6 Å². The second-order valence-corrected chi connectivity index (χ2v) is 8.21. The summed E-state index contributed by atoms with van der Waals surface area (Å²) in [5, 5.41) is 0. The Morgan fingerprint density at radius 1 is 1.07 bits per heavy atom. The summed E-state index contributed by atoms with van der Waals surface area (Å²) in [6, 6.07) is 7.55. The van der Waals surface area contributed by atoms with Crippen LogP contribution in [0.3, 0.4) is 0 Å². The van der Waals surface area contributed by atoms with Crippen molar-refractivity contribution in [1.82, 2.24) is 9.62 Å². The Kier molecular flexibility index (Phi) is 7.04. The molecule has 0 radical (unpaired) electrons. The largest absolute Gasteiger partial charge is 0.434 e. The third-order valence-corrected chi connectivity index (χ3v) is 5.74. The highest BCUT2D eigenvalue weighted by Crippen LogP contribution is 2.36. The van der Waals surface area contributed by atoms with Crippen molar-refractivity contribution in [3.63, 3.8) is 0 Å². The zero-order valence-corrected chi connectivity index (χ0v) is 15.6. The number of rotatable bonds is 5. The molecule has 1 saturated heterocycles. The van der Waals surface area contributed by atoms with E-state index < -0.39 is 34.6 Å². The van der Waals surface area contributed by atoms with Gasteiger partial charge in [0.1, 0.15) is 0 Å². The summed E-state index contributed by atoms with van der Waals surface area (Å²) in [5.74, 6) is -0.237. The fourth-order valence-corrected chi connectivity index (χ4v) is 3.86. The van der Waals surface area contributed by atoms with Crippen molar-refractivity contribution >= 4 is 16.1 Å². The molecule has 0 saturated carbocycles. The van der Waals surface area contributed by atoms with Crippen LogP contribution in [0.15, 0.2) is 35.2 Å². The molecule has 6 nitrogen and oxygen atoms in total. The zero-order chi connectivity index (χ0) is 21.9. The van der Waals surface area contributed by atoms with E-state index >= 15 is 0 Å². The molecule has 1 N–H and O–H groups in total. The van der Waals surface area contributed by atoms with Crippen LogP contribution in [0.25, 0.3) is 0 Å². The lowest BCUT2D eigenvalue weighted by atomic mass is 9.97. The van der Waals surface area contributed by atoms with Crippen LogP contribution in [-0.4, -0.2) is 57.5 Å². The molecule has 2 rings (SSSR count). The minimum Gasteiger partial charge on any atom is -0.426 e. The second kappa shape index (κ2) is 8.78. The lowest BCUT2D eigenvalue weighted by molar-refractivity contribution is -0.308. The van der Waals surface area contributed by atoms with E-state index in [-0.39, 0.29) is 43.3 Å². The Labute approximate surface area is 162 Å². The molecule has 0 bridgehead atoms. The lowest BCUT2D eigenvalue weighted by Gasteiger charge is -2.33. The number of hydrogen-bond acceptors (Lipinski definition) is 4. The highest BCUT2D eigenvalue weighted by Gasteiger charge is 2.60. The van der Waals surface area contributed by atoms with Crippen molar-refractivity contribution < 1.29 is 44.3 Å². The van der Waals surface area contributed by atoms with Crippen molar-refractivity contribution in [2.24, 2.45) is 5.92 Å². The third kappa shape index (κ3) is 6.49.